The quantitative estimate of drug-likeness (QED) is 0.380. The number of pyridine rings is 1. The van der Waals surface area contributed by atoms with Crippen molar-refractivity contribution in [3.05, 3.63) is 90.8 Å². The predicted molar refractivity (Wildman–Crippen MR) is 117 cm³/mol. The van der Waals surface area contributed by atoms with Gasteiger partial charge in [0.15, 0.2) is 0 Å². The van der Waals surface area contributed by atoms with E-state index in [9.17, 15) is 5.26 Å². The van der Waals surface area contributed by atoms with Gasteiger partial charge >= 0.3 is 0 Å². The molecule has 0 saturated heterocycles. The van der Waals surface area contributed by atoms with E-state index < -0.39 is 0 Å². The first kappa shape index (κ1) is 17.9. The van der Waals surface area contributed by atoms with E-state index in [1.54, 1.807) is 0 Å². The molecule has 0 aliphatic heterocycles. The average Bonchev–Trinajstić information content (AvgIpc) is 2.72. The van der Waals surface area contributed by atoms with Gasteiger partial charge in [-0.15, -0.1) is 6.58 Å². The zero-order valence-electron chi connectivity index (χ0n) is 16.2. The van der Waals surface area contributed by atoms with Crippen LogP contribution < -0.4 is 0 Å². The van der Waals surface area contributed by atoms with Crippen LogP contribution in [-0.2, 0) is 6.42 Å². The number of hydrogen-bond acceptors (Lipinski definition) is 2. The summed E-state index contributed by atoms with van der Waals surface area (Å²) < 4.78 is 0. The minimum absolute atomic E-state index is 0.0437. The fourth-order valence-electron chi connectivity index (χ4n) is 3.77. The van der Waals surface area contributed by atoms with E-state index in [4.69, 9.17) is 0 Å². The third-order valence-corrected chi connectivity index (χ3v) is 5.37. The van der Waals surface area contributed by atoms with Crippen LogP contribution in [0.1, 0.15) is 25.0 Å². The van der Waals surface area contributed by atoms with Crippen molar-refractivity contribution in [1.29, 1.82) is 5.26 Å². The number of aromatic nitrogens is 1. The van der Waals surface area contributed by atoms with Crippen molar-refractivity contribution in [2.45, 2.75) is 20.3 Å². The van der Waals surface area contributed by atoms with E-state index in [0.717, 1.165) is 33.7 Å². The maximum absolute atomic E-state index is 9.47. The Labute approximate surface area is 165 Å². The van der Waals surface area contributed by atoms with Crippen molar-refractivity contribution < 1.29 is 0 Å². The molecule has 136 valence electrons. The van der Waals surface area contributed by atoms with E-state index in [0.29, 0.717) is 5.56 Å². The van der Waals surface area contributed by atoms with E-state index in [2.05, 4.69) is 55.7 Å². The van der Waals surface area contributed by atoms with Crippen LogP contribution in [-0.4, -0.2) is 4.98 Å². The fraction of sp³-hybridized carbons (Fsp3) is 0.154. The average molecular weight is 362 g/mol. The number of nitriles is 1. The Hall–Kier alpha value is -3.44. The molecule has 0 aliphatic carbocycles. The SMILES string of the molecule is C=CC(C)(C)Cc1ccc2cncc(-c3ccc(C#N)c4ccccc34)c2c1. The molecule has 0 radical (unpaired) electrons. The summed E-state index contributed by atoms with van der Waals surface area (Å²) in [6.07, 6.45) is 6.78. The Morgan fingerprint density at radius 1 is 0.964 bits per heavy atom. The van der Waals surface area contributed by atoms with Crippen molar-refractivity contribution >= 4 is 21.5 Å². The van der Waals surface area contributed by atoms with Crippen molar-refractivity contribution in [1.82, 2.24) is 4.98 Å². The molecule has 4 aromatic rings. The monoisotopic (exact) mass is 362 g/mol. The van der Waals surface area contributed by atoms with Gasteiger partial charge < -0.3 is 0 Å². The Balaban J connectivity index is 1.96. The van der Waals surface area contributed by atoms with Crippen molar-refractivity contribution in [2.75, 3.05) is 0 Å². The van der Waals surface area contributed by atoms with Crippen LogP contribution >= 0.6 is 0 Å². The lowest BCUT2D eigenvalue weighted by Gasteiger charge is -2.20. The summed E-state index contributed by atoms with van der Waals surface area (Å²) >= 11 is 0. The second kappa shape index (κ2) is 6.94. The number of allylic oxidation sites excluding steroid dienone is 1. The number of hydrogen-bond donors (Lipinski definition) is 0. The zero-order valence-corrected chi connectivity index (χ0v) is 16.2. The van der Waals surface area contributed by atoms with E-state index >= 15 is 0 Å². The van der Waals surface area contributed by atoms with Crippen LogP contribution in [0.4, 0.5) is 0 Å². The highest BCUT2D eigenvalue weighted by atomic mass is 14.6. The van der Waals surface area contributed by atoms with Gasteiger partial charge in [-0.2, -0.15) is 5.26 Å². The molecule has 2 heteroatoms. The van der Waals surface area contributed by atoms with Crippen molar-refractivity contribution in [3.63, 3.8) is 0 Å². The number of benzene rings is 3. The van der Waals surface area contributed by atoms with E-state index in [1.807, 2.05) is 48.8 Å². The number of fused-ring (bicyclic) bond motifs is 2. The Morgan fingerprint density at radius 2 is 1.75 bits per heavy atom. The molecule has 0 N–H and O–H groups in total. The summed E-state index contributed by atoms with van der Waals surface area (Å²) in [5.41, 5.74) is 4.22. The molecule has 0 fully saturated rings. The molecule has 3 aromatic carbocycles. The first-order valence-electron chi connectivity index (χ1n) is 9.45. The molecule has 0 atom stereocenters. The molecule has 2 nitrogen and oxygen atoms in total. The van der Waals surface area contributed by atoms with E-state index in [-0.39, 0.29) is 5.41 Å². The highest BCUT2D eigenvalue weighted by Crippen LogP contribution is 2.35. The normalized spacial score (nSPS) is 11.5. The van der Waals surface area contributed by atoms with E-state index in [1.165, 1.54) is 10.9 Å². The molecule has 0 spiro atoms. The second-order valence-corrected chi connectivity index (χ2v) is 7.93. The van der Waals surface area contributed by atoms with Gasteiger partial charge in [-0.3, -0.25) is 4.98 Å². The Bertz CT molecular complexity index is 1240. The minimum Gasteiger partial charge on any atom is -0.263 e. The highest BCUT2D eigenvalue weighted by molar-refractivity contribution is 6.06. The summed E-state index contributed by atoms with van der Waals surface area (Å²) in [5, 5.41) is 13.8. The highest BCUT2D eigenvalue weighted by Gasteiger charge is 2.15. The van der Waals surface area contributed by atoms with Gasteiger partial charge in [0, 0.05) is 28.7 Å². The summed E-state index contributed by atoms with van der Waals surface area (Å²) in [6, 6.07) is 20.9. The van der Waals surface area contributed by atoms with Crippen LogP contribution in [0.2, 0.25) is 0 Å². The first-order chi connectivity index (χ1) is 13.5. The van der Waals surface area contributed by atoms with Crippen LogP contribution in [0.15, 0.2) is 79.6 Å². The molecular formula is C26H22N2. The van der Waals surface area contributed by atoms with Gasteiger partial charge in [-0.1, -0.05) is 68.5 Å². The van der Waals surface area contributed by atoms with Crippen molar-refractivity contribution in [2.24, 2.45) is 5.41 Å². The lowest BCUT2D eigenvalue weighted by Crippen LogP contribution is -2.10. The maximum atomic E-state index is 9.47. The fourth-order valence-corrected chi connectivity index (χ4v) is 3.77. The molecule has 0 bridgehead atoms. The predicted octanol–water partition coefficient (Wildman–Crippen LogP) is 6.68. The summed E-state index contributed by atoms with van der Waals surface area (Å²) in [5.74, 6) is 0. The maximum Gasteiger partial charge on any atom is 0.0998 e. The molecule has 0 unspecified atom stereocenters. The summed E-state index contributed by atoms with van der Waals surface area (Å²) in [6.45, 7) is 8.37. The van der Waals surface area contributed by atoms with Gasteiger partial charge in [-0.05, 0) is 39.8 Å². The van der Waals surface area contributed by atoms with Gasteiger partial charge in [0.1, 0.15) is 0 Å². The minimum atomic E-state index is 0.0437. The topological polar surface area (TPSA) is 36.7 Å². The number of nitrogens with zero attached hydrogens (tertiary/aromatic N) is 2. The standard InChI is InChI=1S/C26H22N2/c1-4-26(2,3)14-18-9-10-20-16-28-17-25(24(20)13-18)23-12-11-19(15-27)21-7-5-6-8-22(21)23/h4-13,16-17H,1,14H2,2-3H3. The largest absolute Gasteiger partial charge is 0.263 e. The molecule has 1 aromatic heterocycles. The third kappa shape index (κ3) is 3.17. The molecule has 0 saturated carbocycles. The second-order valence-electron chi connectivity index (χ2n) is 7.93. The smallest absolute Gasteiger partial charge is 0.0998 e. The molecule has 0 aliphatic rings. The van der Waals surface area contributed by atoms with Crippen molar-refractivity contribution in [3.8, 4) is 17.2 Å². The molecule has 0 amide bonds. The van der Waals surface area contributed by atoms with Gasteiger partial charge in [0.05, 0.1) is 11.6 Å². The summed E-state index contributed by atoms with van der Waals surface area (Å²) in [4.78, 5) is 4.48. The van der Waals surface area contributed by atoms with Gasteiger partial charge in [0.25, 0.3) is 0 Å². The van der Waals surface area contributed by atoms with Crippen LogP contribution in [0, 0.1) is 16.7 Å². The summed E-state index contributed by atoms with van der Waals surface area (Å²) in [7, 11) is 0. The molecule has 28 heavy (non-hydrogen) atoms. The van der Waals surface area contributed by atoms with Crippen LogP contribution in [0.25, 0.3) is 32.7 Å². The lowest BCUT2D eigenvalue weighted by atomic mass is 9.85. The third-order valence-electron chi connectivity index (χ3n) is 5.37. The van der Waals surface area contributed by atoms with Crippen LogP contribution in [0.5, 0.6) is 0 Å². The van der Waals surface area contributed by atoms with Gasteiger partial charge in [-0.25, -0.2) is 0 Å². The van der Waals surface area contributed by atoms with Crippen LogP contribution in [0.3, 0.4) is 0 Å². The number of rotatable bonds is 4. The van der Waals surface area contributed by atoms with Gasteiger partial charge in [0.2, 0.25) is 0 Å². The Kier molecular flexibility index (Phi) is 4.45. The molecule has 4 rings (SSSR count). The molecule has 1 heterocycles. The molecular weight excluding hydrogens is 340 g/mol. The Morgan fingerprint density at radius 3 is 2.50 bits per heavy atom. The lowest BCUT2D eigenvalue weighted by molar-refractivity contribution is 0.479. The first-order valence-corrected chi connectivity index (χ1v) is 9.45. The zero-order chi connectivity index (χ0) is 19.7.